The summed E-state index contributed by atoms with van der Waals surface area (Å²) in [4.78, 5) is 15.9. The van der Waals surface area contributed by atoms with Crippen molar-refractivity contribution in [3.05, 3.63) is 29.8 Å². The number of rotatable bonds is 4. The van der Waals surface area contributed by atoms with Crippen LogP contribution in [0.4, 0.5) is 14.5 Å². The molecule has 2 heterocycles. The Morgan fingerprint density at radius 1 is 1.16 bits per heavy atom. The lowest BCUT2D eigenvalue weighted by Crippen LogP contribution is -2.49. The number of carbonyl (C=O) groups is 1. The van der Waals surface area contributed by atoms with E-state index in [1.165, 1.54) is 6.07 Å². The number of anilines is 1. The molecule has 0 aliphatic carbocycles. The van der Waals surface area contributed by atoms with Gasteiger partial charge in [0.15, 0.2) is 0 Å². The van der Waals surface area contributed by atoms with Gasteiger partial charge in [-0.3, -0.25) is 4.79 Å². The van der Waals surface area contributed by atoms with Crippen molar-refractivity contribution < 1.29 is 13.6 Å². The van der Waals surface area contributed by atoms with Gasteiger partial charge in [-0.25, -0.2) is 8.78 Å². The number of nitrogens with one attached hydrogen (secondary N) is 1. The van der Waals surface area contributed by atoms with Crippen LogP contribution in [0.15, 0.2) is 18.2 Å². The Balaban J connectivity index is 0.00000156. The average Bonchev–Trinajstić information content (AvgIpc) is 3.08. The second-order valence-corrected chi connectivity index (χ2v) is 6.36. The van der Waals surface area contributed by atoms with Gasteiger partial charge in [0, 0.05) is 38.7 Å². The van der Waals surface area contributed by atoms with E-state index in [0.29, 0.717) is 38.5 Å². The minimum absolute atomic E-state index is 0. The van der Waals surface area contributed by atoms with Crippen molar-refractivity contribution in [1.82, 2.24) is 10.2 Å². The Bertz CT molecular complexity index is 563. The van der Waals surface area contributed by atoms with Gasteiger partial charge < -0.3 is 15.1 Å². The highest BCUT2D eigenvalue weighted by Crippen LogP contribution is 2.22. The number of carbonyl (C=O) groups excluding carboxylic acids is 1. The summed E-state index contributed by atoms with van der Waals surface area (Å²) in [5, 5.41) is 3.31. The predicted molar refractivity (Wildman–Crippen MR) is 99.9 cm³/mol. The summed E-state index contributed by atoms with van der Waals surface area (Å²) in [5.41, 5.74) is 0.286. The first kappa shape index (κ1) is 21.9. The van der Waals surface area contributed by atoms with Crippen molar-refractivity contribution in [1.29, 1.82) is 0 Å². The van der Waals surface area contributed by atoms with Gasteiger partial charge >= 0.3 is 0 Å². The smallest absolute Gasteiger partial charge is 0.222 e. The quantitative estimate of drug-likeness (QED) is 0.851. The molecule has 4 nitrogen and oxygen atoms in total. The molecule has 1 atom stereocenters. The average molecular weight is 396 g/mol. The van der Waals surface area contributed by atoms with Crippen LogP contribution in [0.3, 0.4) is 0 Å². The molecule has 3 rings (SSSR count). The highest BCUT2D eigenvalue weighted by atomic mass is 35.5. The zero-order valence-corrected chi connectivity index (χ0v) is 15.7. The lowest BCUT2D eigenvalue weighted by atomic mass is 10.0. The number of amides is 1. The largest absolute Gasteiger partial charge is 0.366 e. The van der Waals surface area contributed by atoms with E-state index in [1.54, 1.807) is 0 Å². The van der Waals surface area contributed by atoms with Crippen LogP contribution in [-0.4, -0.2) is 50.1 Å². The Morgan fingerprint density at radius 2 is 1.88 bits per heavy atom. The topological polar surface area (TPSA) is 35.6 Å². The standard InChI is InChI=1S/C17H23F2N3O.2ClH/c18-14-2-3-15(19)16(11-14)21-7-9-22(10-8-21)17(23)4-1-13-5-6-20-12-13;;/h2-3,11,13,20H,1,4-10,12H2;2*1H. The minimum Gasteiger partial charge on any atom is -0.366 e. The number of hydrogen-bond donors (Lipinski definition) is 1. The first-order chi connectivity index (χ1) is 11.1. The molecule has 0 spiro atoms. The third-order valence-electron chi connectivity index (χ3n) is 4.81. The van der Waals surface area contributed by atoms with Crippen LogP contribution in [0.2, 0.25) is 0 Å². The van der Waals surface area contributed by atoms with E-state index >= 15 is 0 Å². The SMILES string of the molecule is Cl.Cl.O=C(CCC1CCNC1)N1CCN(c2cc(F)ccc2F)CC1. The van der Waals surface area contributed by atoms with Crippen LogP contribution >= 0.6 is 24.8 Å². The summed E-state index contributed by atoms with van der Waals surface area (Å²) in [6.45, 7) is 4.28. The molecule has 142 valence electrons. The molecule has 0 radical (unpaired) electrons. The first-order valence-electron chi connectivity index (χ1n) is 8.32. The van der Waals surface area contributed by atoms with E-state index in [-0.39, 0.29) is 36.4 Å². The Hall–Kier alpha value is -1.11. The minimum atomic E-state index is -0.440. The fourth-order valence-corrected chi connectivity index (χ4v) is 3.37. The number of benzene rings is 1. The van der Waals surface area contributed by atoms with Gasteiger partial charge in [-0.05, 0) is 44.0 Å². The van der Waals surface area contributed by atoms with Crippen molar-refractivity contribution in [2.45, 2.75) is 19.3 Å². The van der Waals surface area contributed by atoms with Gasteiger partial charge in [0.05, 0.1) is 5.69 Å². The van der Waals surface area contributed by atoms with Crippen molar-refractivity contribution in [2.75, 3.05) is 44.2 Å². The summed E-state index contributed by atoms with van der Waals surface area (Å²) < 4.78 is 27.1. The molecule has 1 aromatic carbocycles. The number of nitrogens with zero attached hydrogens (tertiary/aromatic N) is 2. The lowest BCUT2D eigenvalue weighted by Gasteiger charge is -2.36. The third-order valence-corrected chi connectivity index (χ3v) is 4.81. The van der Waals surface area contributed by atoms with Crippen LogP contribution in [0.5, 0.6) is 0 Å². The molecule has 1 unspecified atom stereocenters. The molecule has 2 aliphatic heterocycles. The fraction of sp³-hybridized carbons (Fsp3) is 0.588. The molecular weight excluding hydrogens is 371 g/mol. The van der Waals surface area contributed by atoms with E-state index in [2.05, 4.69) is 5.32 Å². The molecule has 0 aromatic heterocycles. The van der Waals surface area contributed by atoms with Gasteiger partial charge in [0.2, 0.25) is 5.91 Å². The van der Waals surface area contributed by atoms with E-state index in [9.17, 15) is 13.6 Å². The van der Waals surface area contributed by atoms with Crippen LogP contribution in [0.25, 0.3) is 0 Å². The maximum absolute atomic E-state index is 13.8. The monoisotopic (exact) mass is 395 g/mol. The van der Waals surface area contributed by atoms with Crippen molar-refractivity contribution in [2.24, 2.45) is 5.92 Å². The van der Waals surface area contributed by atoms with E-state index < -0.39 is 11.6 Å². The molecule has 1 N–H and O–H groups in total. The highest BCUT2D eigenvalue weighted by Gasteiger charge is 2.24. The van der Waals surface area contributed by atoms with E-state index in [4.69, 9.17) is 0 Å². The fourth-order valence-electron chi connectivity index (χ4n) is 3.37. The van der Waals surface area contributed by atoms with Gasteiger partial charge in [0.25, 0.3) is 0 Å². The molecule has 8 heteroatoms. The predicted octanol–water partition coefficient (Wildman–Crippen LogP) is 2.85. The third kappa shape index (κ3) is 5.69. The molecule has 0 bridgehead atoms. The summed E-state index contributed by atoms with van der Waals surface area (Å²) in [6.07, 6.45) is 2.67. The van der Waals surface area contributed by atoms with Gasteiger partial charge in [-0.15, -0.1) is 24.8 Å². The van der Waals surface area contributed by atoms with Gasteiger partial charge in [-0.1, -0.05) is 0 Å². The summed E-state index contributed by atoms with van der Waals surface area (Å²) in [7, 11) is 0. The van der Waals surface area contributed by atoms with Gasteiger partial charge in [0.1, 0.15) is 11.6 Å². The normalized spacial score (nSPS) is 20.0. The molecule has 1 aromatic rings. The maximum atomic E-state index is 13.8. The Labute approximate surface area is 159 Å². The van der Waals surface area contributed by atoms with Gasteiger partial charge in [-0.2, -0.15) is 0 Å². The zero-order chi connectivity index (χ0) is 16.2. The summed E-state index contributed by atoms with van der Waals surface area (Å²) in [6, 6.07) is 3.49. The summed E-state index contributed by atoms with van der Waals surface area (Å²) in [5.74, 6) is -0.0668. The van der Waals surface area contributed by atoms with E-state index in [0.717, 1.165) is 38.1 Å². The van der Waals surface area contributed by atoms with Crippen molar-refractivity contribution in [3.63, 3.8) is 0 Å². The number of hydrogen-bond acceptors (Lipinski definition) is 3. The lowest BCUT2D eigenvalue weighted by molar-refractivity contribution is -0.131. The van der Waals surface area contributed by atoms with Crippen LogP contribution < -0.4 is 10.2 Å². The maximum Gasteiger partial charge on any atom is 0.222 e. The molecule has 2 aliphatic rings. The second kappa shape index (κ2) is 10.1. The van der Waals surface area contributed by atoms with Crippen LogP contribution in [0, 0.1) is 17.6 Å². The summed E-state index contributed by atoms with van der Waals surface area (Å²) >= 11 is 0. The molecule has 25 heavy (non-hydrogen) atoms. The van der Waals surface area contributed by atoms with E-state index in [1.807, 2.05) is 9.80 Å². The second-order valence-electron chi connectivity index (χ2n) is 6.36. The van der Waals surface area contributed by atoms with Crippen LogP contribution in [-0.2, 0) is 4.79 Å². The number of piperazine rings is 1. The highest BCUT2D eigenvalue weighted by molar-refractivity contribution is 5.85. The molecule has 2 fully saturated rings. The zero-order valence-electron chi connectivity index (χ0n) is 14.0. The van der Waals surface area contributed by atoms with Crippen molar-refractivity contribution in [3.8, 4) is 0 Å². The molecule has 0 saturated carbocycles. The van der Waals surface area contributed by atoms with Crippen molar-refractivity contribution >= 4 is 36.4 Å². The molecular formula is C17H25Cl2F2N3O. The number of halogens is 4. The molecule has 1 amide bonds. The Kier molecular flexibility index (Phi) is 8.89. The Morgan fingerprint density at radius 3 is 2.52 bits per heavy atom. The first-order valence-corrected chi connectivity index (χ1v) is 8.32. The molecule has 2 saturated heterocycles. The van der Waals surface area contributed by atoms with Crippen LogP contribution in [0.1, 0.15) is 19.3 Å².